The number of aromatic nitrogens is 2. The first-order chi connectivity index (χ1) is 19.7. The van der Waals surface area contributed by atoms with E-state index in [2.05, 4.69) is 20.3 Å². The van der Waals surface area contributed by atoms with Crippen molar-refractivity contribution in [2.75, 3.05) is 18.6 Å². The fraction of sp³-hybridized carbons (Fsp3) is 0.167. The zero-order chi connectivity index (χ0) is 28.8. The van der Waals surface area contributed by atoms with Gasteiger partial charge in [0.1, 0.15) is 45.9 Å². The molecule has 0 aliphatic carbocycles. The maximum Gasteiger partial charge on any atom is 0.148 e. The molecular formula is C30H26ClFN4O4S. The minimum atomic E-state index is -3.02. The van der Waals surface area contributed by atoms with Crippen molar-refractivity contribution in [3.63, 3.8) is 0 Å². The Labute approximate surface area is 241 Å². The van der Waals surface area contributed by atoms with Gasteiger partial charge in [-0.1, -0.05) is 23.7 Å². The van der Waals surface area contributed by atoms with Crippen LogP contribution in [0.2, 0.25) is 5.02 Å². The van der Waals surface area contributed by atoms with E-state index in [1.165, 1.54) is 24.7 Å². The van der Waals surface area contributed by atoms with Crippen molar-refractivity contribution in [3.8, 4) is 17.1 Å². The van der Waals surface area contributed by atoms with Crippen LogP contribution in [0.15, 0.2) is 88.5 Å². The van der Waals surface area contributed by atoms with Crippen LogP contribution in [0.5, 0.6) is 5.75 Å². The van der Waals surface area contributed by atoms with Crippen LogP contribution >= 0.6 is 11.6 Å². The van der Waals surface area contributed by atoms with E-state index in [0.29, 0.717) is 52.3 Å². The Hall–Kier alpha value is -4.12. The van der Waals surface area contributed by atoms with Gasteiger partial charge in [0, 0.05) is 23.8 Å². The average molecular weight is 593 g/mol. The fourth-order valence-corrected chi connectivity index (χ4v) is 4.79. The number of rotatable bonds is 11. The zero-order valence-corrected chi connectivity index (χ0v) is 23.6. The topological polar surface area (TPSA) is 107 Å². The molecule has 2 heterocycles. The van der Waals surface area contributed by atoms with Gasteiger partial charge in [-0.2, -0.15) is 0 Å². The Morgan fingerprint density at radius 2 is 1.95 bits per heavy atom. The minimum absolute atomic E-state index is 0.0657. The van der Waals surface area contributed by atoms with E-state index in [4.69, 9.17) is 20.8 Å². The Morgan fingerprint density at radius 1 is 1.07 bits per heavy atom. The zero-order valence-electron chi connectivity index (χ0n) is 22.1. The lowest BCUT2D eigenvalue weighted by Gasteiger charge is -2.09. The second-order valence-electron chi connectivity index (χ2n) is 9.35. The SMILES string of the molecule is CS(=O)(=O)CCNCc1ccc(-c2ccc3ncnc(C=Nc4ccc(OCc5cccc(F)c5)c(Cl)c4)c3c2)o1. The quantitative estimate of drug-likeness (QED) is 0.145. The van der Waals surface area contributed by atoms with Crippen molar-refractivity contribution in [1.82, 2.24) is 15.3 Å². The summed E-state index contributed by atoms with van der Waals surface area (Å²) in [5.41, 5.74) is 3.51. The molecule has 0 spiro atoms. The molecule has 5 aromatic rings. The van der Waals surface area contributed by atoms with E-state index in [1.54, 1.807) is 36.5 Å². The molecule has 0 aliphatic rings. The molecule has 0 saturated heterocycles. The molecule has 210 valence electrons. The van der Waals surface area contributed by atoms with E-state index in [-0.39, 0.29) is 18.2 Å². The summed E-state index contributed by atoms with van der Waals surface area (Å²) in [5, 5.41) is 4.25. The summed E-state index contributed by atoms with van der Waals surface area (Å²) >= 11 is 6.41. The minimum Gasteiger partial charge on any atom is -0.487 e. The van der Waals surface area contributed by atoms with Crippen LogP contribution in [0, 0.1) is 5.82 Å². The van der Waals surface area contributed by atoms with Gasteiger partial charge >= 0.3 is 0 Å². The first-order valence-corrected chi connectivity index (χ1v) is 15.1. The van der Waals surface area contributed by atoms with Crippen molar-refractivity contribution in [2.45, 2.75) is 13.2 Å². The van der Waals surface area contributed by atoms with Crippen LogP contribution < -0.4 is 10.1 Å². The highest BCUT2D eigenvalue weighted by atomic mass is 35.5. The van der Waals surface area contributed by atoms with Gasteiger partial charge in [0.05, 0.1) is 40.4 Å². The van der Waals surface area contributed by atoms with Crippen LogP contribution in [-0.4, -0.2) is 43.2 Å². The number of fused-ring (bicyclic) bond motifs is 1. The third-order valence-electron chi connectivity index (χ3n) is 6.10. The number of hydrogen-bond donors (Lipinski definition) is 1. The summed E-state index contributed by atoms with van der Waals surface area (Å²) in [6, 6.07) is 20.8. The Bertz CT molecular complexity index is 1820. The molecule has 0 unspecified atom stereocenters. The predicted molar refractivity (Wildman–Crippen MR) is 158 cm³/mol. The number of nitrogens with zero attached hydrogens (tertiary/aromatic N) is 3. The van der Waals surface area contributed by atoms with Gasteiger partial charge in [0.2, 0.25) is 0 Å². The maximum atomic E-state index is 13.4. The van der Waals surface area contributed by atoms with Crippen molar-refractivity contribution >= 4 is 44.2 Å². The lowest BCUT2D eigenvalue weighted by atomic mass is 10.1. The van der Waals surface area contributed by atoms with Gasteiger partial charge in [-0.15, -0.1) is 0 Å². The lowest BCUT2D eigenvalue weighted by molar-refractivity contribution is 0.306. The van der Waals surface area contributed by atoms with E-state index in [0.717, 1.165) is 16.5 Å². The van der Waals surface area contributed by atoms with Crippen LogP contribution in [0.4, 0.5) is 10.1 Å². The highest BCUT2D eigenvalue weighted by molar-refractivity contribution is 7.90. The predicted octanol–water partition coefficient (Wildman–Crippen LogP) is 6.15. The fourth-order valence-electron chi connectivity index (χ4n) is 4.04. The van der Waals surface area contributed by atoms with Gasteiger partial charge < -0.3 is 14.5 Å². The molecule has 0 saturated carbocycles. The summed E-state index contributed by atoms with van der Waals surface area (Å²) < 4.78 is 47.7. The number of furan rings is 1. The molecule has 2 aromatic heterocycles. The van der Waals surface area contributed by atoms with Crippen LogP contribution in [0.1, 0.15) is 17.0 Å². The molecule has 0 fully saturated rings. The first-order valence-electron chi connectivity index (χ1n) is 12.7. The number of benzene rings is 3. The van der Waals surface area contributed by atoms with E-state index < -0.39 is 9.84 Å². The third kappa shape index (κ3) is 7.75. The maximum absolute atomic E-state index is 13.4. The number of halogens is 2. The molecule has 0 atom stereocenters. The molecule has 3 aromatic carbocycles. The first kappa shape index (κ1) is 28.4. The standard InChI is InChI=1S/C30H26ClFN4O4S/c1-41(37,38)12-11-33-16-24-7-10-29(40-24)21-5-8-27-25(14-21)28(36-19-35-27)17-34-23-6-9-30(26(31)15-23)39-18-20-3-2-4-22(32)13-20/h2-10,13-15,17,19,33H,11-12,16,18H2,1H3. The molecule has 5 rings (SSSR count). The van der Waals surface area contributed by atoms with Gasteiger partial charge in [-0.25, -0.2) is 22.8 Å². The van der Waals surface area contributed by atoms with Crippen molar-refractivity contribution in [1.29, 1.82) is 0 Å². The van der Waals surface area contributed by atoms with Crippen LogP contribution in [-0.2, 0) is 23.0 Å². The molecule has 0 amide bonds. The van der Waals surface area contributed by atoms with Gasteiger partial charge in [0.15, 0.2) is 0 Å². The molecule has 1 N–H and O–H groups in total. The normalized spacial score (nSPS) is 11.9. The average Bonchev–Trinajstić information content (AvgIpc) is 3.42. The van der Waals surface area contributed by atoms with Gasteiger partial charge in [-0.3, -0.25) is 4.99 Å². The highest BCUT2D eigenvalue weighted by Gasteiger charge is 2.10. The lowest BCUT2D eigenvalue weighted by Crippen LogP contribution is -2.21. The Kier molecular flexibility index (Phi) is 8.72. The van der Waals surface area contributed by atoms with Gasteiger partial charge in [-0.05, 0) is 66.2 Å². The summed E-state index contributed by atoms with van der Waals surface area (Å²) in [4.78, 5) is 13.3. The number of nitrogens with one attached hydrogen (secondary N) is 1. The summed E-state index contributed by atoms with van der Waals surface area (Å²) in [6.07, 6.45) is 4.33. The van der Waals surface area contributed by atoms with Crippen LogP contribution in [0.25, 0.3) is 22.2 Å². The second-order valence-corrected chi connectivity index (χ2v) is 12.0. The van der Waals surface area contributed by atoms with Crippen molar-refractivity contribution in [2.24, 2.45) is 4.99 Å². The van der Waals surface area contributed by atoms with Crippen molar-refractivity contribution in [3.05, 3.63) is 107 Å². The Morgan fingerprint density at radius 3 is 2.76 bits per heavy atom. The molecule has 41 heavy (non-hydrogen) atoms. The van der Waals surface area contributed by atoms with Crippen molar-refractivity contribution < 1.29 is 22.0 Å². The molecule has 0 bridgehead atoms. The monoisotopic (exact) mass is 592 g/mol. The summed E-state index contributed by atoms with van der Waals surface area (Å²) in [7, 11) is -3.02. The molecule has 0 radical (unpaired) electrons. The Balaban J connectivity index is 1.29. The largest absolute Gasteiger partial charge is 0.487 e. The number of ether oxygens (including phenoxy) is 1. The van der Waals surface area contributed by atoms with E-state index in [9.17, 15) is 12.8 Å². The summed E-state index contributed by atoms with van der Waals surface area (Å²) in [5.74, 6) is 1.57. The summed E-state index contributed by atoms with van der Waals surface area (Å²) in [6.45, 7) is 0.953. The van der Waals surface area contributed by atoms with Gasteiger partial charge in [0.25, 0.3) is 0 Å². The number of aliphatic imine (C=N–C) groups is 1. The molecule has 11 heteroatoms. The van der Waals surface area contributed by atoms with E-state index in [1.807, 2.05) is 30.3 Å². The number of sulfone groups is 1. The molecule has 0 aliphatic heterocycles. The highest BCUT2D eigenvalue weighted by Crippen LogP contribution is 2.30. The third-order valence-corrected chi connectivity index (χ3v) is 7.34. The molecular weight excluding hydrogens is 567 g/mol. The molecule has 8 nitrogen and oxygen atoms in total. The smallest absolute Gasteiger partial charge is 0.148 e. The number of hydrogen-bond acceptors (Lipinski definition) is 8. The van der Waals surface area contributed by atoms with Crippen LogP contribution in [0.3, 0.4) is 0 Å². The van der Waals surface area contributed by atoms with E-state index >= 15 is 0 Å². The second kappa shape index (κ2) is 12.6.